The molecule has 3 heteroatoms. The lowest BCUT2D eigenvalue weighted by atomic mass is 9.72. The van der Waals surface area contributed by atoms with Gasteiger partial charge < -0.3 is 5.11 Å². The number of aliphatic hydroxyl groups excluding tert-OH is 1. The van der Waals surface area contributed by atoms with E-state index in [1.165, 1.54) is 30.1 Å². The van der Waals surface area contributed by atoms with Crippen molar-refractivity contribution >= 4 is 12.6 Å². The standard InChI is InChI=1S/C20H26O3/c1-15(7-5-9-17(13-21)19(23)14-22)10-11-18-16(2)8-6-12-20(18,3)4/h5,7,9-11,13-14,23H,6,8,12H2,1-4H3. The molecule has 0 aromatic heterocycles. The van der Waals surface area contributed by atoms with Crippen molar-refractivity contribution in [2.45, 2.75) is 47.0 Å². The molecular formula is C20H26O3. The highest BCUT2D eigenvalue weighted by atomic mass is 16.3. The van der Waals surface area contributed by atoms with E-state index in [4.69, 9.17) is 0 Å². The summed E-state index contributed by atoms with van der Waals surface area (Å²) in [5.41, 5.74) is 4.05. The van der Waals surface area contributed by atoms with Gasteiger partial charge in [0.15, 0.2) is 18.3 Å². The molecule has 0 unspecified atom stereocenters. The number of rotatable bonds is 6. The summed E-state index contributed by atoms with van der Waals surface area (Å²) >= 11 is 0. The molecule has 124 valence electrons. The van der Waals surface area contributed by atoms with Crippen LogP contribution < -0.4 is 0 Å². The summed E-state index contributed by atoms with van der Waals surface area (Å²) in [6.07, 6.45) is 13.4. The number of allylic oxidation sites excluding steroid dienone is 10. The molecular weight excluding hydrogens is 288 g/mol. The van der Waals surface area contributed by atoms with E-state index < -0.39 is 5.76 Å². The van der Waals surface area contributed by atoms with Gasteiger partial charge in [0.1, 0.15) is 0 Å². The Morgan fingerprint density at radius 1 is 1.17 bits per heavy atom. The minimum Gasteiger partial charge on any atom is -0.504 e. The maximum Gasteiger partial charge on any atom is 0.185 e. The van der Waals surface area contributed by atoms with E-state index in [1.807, 2.05) is 13.0 Å². The molecule has 0 heterocycles. The van der Waals surface area contributed by atoms with Gasteiger partial charge in [0, 0.05) is 0 Å². The largest absolute Gasteiger partial charge is 0.504 e. The number of carbonyl (C=O) groups is 2. The Kier molecular flexibility index (Phi) is 6.95. The highest BCUT2D eigenvalue weighted by Gasteiger charge is 2.26. The van der Waals surface area contributed by atoms with Gasteiger partial charge in [-0.15, -0.1) is 0 Å². The summed E-state index contributed by atoms with van der Waals surface area (Å²) in [7, 11) is 0. The molecule has 0 fully saturated rings. The van der Waals surface area contributed by atoms with E-state index in [0.29, 0.717) is 6.29 Å². The summed E-state index contributed by atoms with van der Waals surface area (Å²) in [4.78, 5) is 21.2. The lowest BCUT2D eigenvalue weighted by molar-refractivity contribution is -0.108. The third kappa shape index (κ3) is 5.51. The first kappa shape index (κ1) is 18.9. The van der Waals surface area contributed by atoms with Crippen LogP contribution in [0, 0.1) is 5.41 Å². The van der Waals surface area contributed by atoms with E-state index in [2.05, 4.69) is 32.9 Å². The molecule has 1 rings (SSSR count). The van der Waals surface area contributed by atoms with Crippen LogP contribution in [0.2, 0.25) is 0 Å². The first-order valence-electron chi connectivity index (χ1n) is 7.88. The quantitative estimate of drug-likeness (QED) is 0.332. The Balaban J connectivity index is 2.88. The van der Waals surface area contributed by atoms with Crippen LogP contribution in [0.15, 0.2) is 58.4 Å². The third-order valence-electron chi connectivity index (χ3n) is 4.22. The summed E-state index contributed by atoms with van der Waals surface area (Å²) in [6, 6.07) is 0. The lowest BCUT2D eigenvalue weighted by Crippen LogP contribution is -2.19. The van der Waals surface area contributed by atoms with E-state index in [9.17, 15) is 14.7 Å². The predicted molar refractivity (Wildman–Crippen MR) is 94.2 cm³/mol. The summed E-state index contributed by atoms with van der Waals surface area (Å²) < 4.78 is 0. The summed E-state index contributed by atoms with van der Waals surface area (Å²) in [5.74, 6) is -0.553. The van der Waals surface area contributed by atoms with Gasteiger partial charge in [-0.1, -0.05) is 49.3 Å². The third-order valence-corrected chi connectivity index (χ3v) is 4.22. The van der Waals surface area contributed by atoms with Crippen molar-refractivity contribution in [3.8, 4) is 0 Å². The normalized spacial score (nSPS) is 20.1. The Hall–Kier alpha value is -2.16. The van der Waals surface area contributed by atoms with E-state index >= 15 is 0 Å². The second-order valence-corrected chi connectivity index (χ2v) is 6.61. The Morgan fingerprint density at radius 3 is 2.43 bits per heavy atom. The van der Waals surface area contributed by atoms with Gasteiger partial charge >= 0.3 is 0 Å². The van der Waals surface area contributed by atoms with Gasteiger partial charge in [-0.05, 0) is 50.2 Å². The van der Waals surface area contributed by atoms with Crippen LogP contribution in [0.4, 0.5) is 0 Å². The van der Waals surface area contributed by atoms with Crippen molar-refractivity contribution in [3.63, 3.8) is 0 Å². The van der Waals surface area contributed by atoms with E-state index in [0.717, 1.165) is 12.0 Å². The molecule has 1 N–H and O–H groups in total. The zero-order chi connectivity index (χ0) is 17.5. The van der Waals surface area contributed by atoms with Crippen molar-refractivity contribution in [2.24, 2.45) is 5.41 Å². The Morgan fingerprint density at radius 2 is 1.87 bits per heavy atom. The van der Waals surface area contributed by atoms with Crippen LogP contribution in [0.1, 0.15) is 47.0 Å². The SMILES string of the molecule is CC(C=CC1=C(C)CCCC1(C)C)=CC=CC(C=O)=C(O)C=O. The first-order chi connectivity index (χ1) is 10.8. The minimum absolute atomic E-state index is 0.0278. The van der Waals surface area contributed by atoms with Gasteiger partial charge in [-0.25, -0.2) is 0 Å². The fourth-order valence-electron chi connectivity index (χ4n) is 2.84. The molecule has 0 spiro atoms. The maximum atomic E-state index is 10.8. The molecule has 0 saturated carbocycles. The van der Waals surface area contributed by atoms with Gasteiger partial charge in [0.2, 0.25) is 0 Å². The molecule has 0 bridgehead atoms. The van der Waals surface area contributed by atoms with Crippen molar-refractivity contribution in [1.82, 2.24) is 0 Å². The zero-order valence-electron chi connectivity index (χ0n) is 14.4. The molecule has 1 aliphatic carbocycles. The number of hydrogen-bond donors (Lipinski definition) is 1. The van der Waals surface area contributed by atoms with Crippen molar-refractivity contribution in [1.29, 1.82) is 0 Å². The predicted octanol–water partition coefficient (Wildman–Crippen LogP) is 4.78. The highest BCUT2D eigenvalue weighted by Crippen LogP contribution is 2.40. The number of carbonyl (C=O) groups excluding carboxylic acids is 2. The van der Waals surface area contributed by atoms with Crippen LogP contribution in [0.25, 0.3) is 0 Å². The molecule has 23 heavy (non-hydrogen) atoms. The van der Waals surface area contributed by atoms with E-state index in [-0.39, 0.29) is 17.3 Å². The lowest BCUT2D eigenvalue weighted by Gasteiger charge is -2.32. The zero-order valence-corrected chi connectivity index (χ0v) is 14.4. The molecule has 0 atom stereocenters. The van der Waals surface area contributed by atoms with Crippen LogP contribution in [-0.4, -0.2) is 17.7 Å². The van der Waals surface area contributed by atoms with Crippen LogP contribution in [0.5, 0.6) is 0 Å². The highest BCUT2D eigenvalue weighted by molar-refractivity contribution is 5.87. The second kappa shape index (κ2) is 8.47. The average molecular weight is 314 g/mol. The number of aliphatic hydroxyl groups is 1. The van der Waals surface area contributed by atoms with Gasteiger partial charge in [0.25, 0.3) is 0 Å². The molecule has 0 radical (unpaired) electrons. The summed E-state index contributed by atoms with van der Waals surface area (Å²) in [5, 5.41) is 9.23. The van der Waals surface area contributed by atoms with Crippen molar-refractivity contribution < 1.29 is 14.7 Å². The smallest absolute Gasteiger partial charge is 0.185 e. The first-order valence-corrected chi connectivity index (χ1v) is 7.88. The average Bonchev–Trinajstić information content (AvgIpc) is 2.49. The minimum atomic E-state index is -0.553. The molecule has 0 amide bonds. The van der Waals surface area contributed by atoms with Gasteiger partial charge in [-0.2, -0.15) is 0 Å². The van der Waals surface area contributed by atoms with Gasteiger partial charge in [0.05, 0.1) is 5.57 Å². The topological polar surface area (TPSA) is 54.4 Å². The molecule has 3 nitrogen and oxygen atoms in total. The van der Waals surface area contributed by atoms with Crippen molar-refractivity contribution in [2.75, 3.05) is 0 Å². The molecule has 0 saturated heterocycles. The Bertz CT molecular complexity index is 611. The number of aldehydes is 2. The van der Waals surface area contributed by atoms with Crippen LogP contribution >= 0.6 is 0 Å². The Labute approximate surface area is 138 Å². The fraction of sp³-hybridized carbons (Fsp3) is 0.400. The second-order valence-electron chi connectivity index (χ2n) is 6.61. The molecule has 0 aromatic carbocycles. The summed E-state index contributed by atoms with van der Waals surface area (Å²) in [6.45, 7) is 8.72. The maximum absolute atomic E-state index is 10.8. The molecule has 0 aromatic rings. The van der Waals surface area contributed by atoms with E-state index in [1.54, 1.807) is 6.08 Å². The molecule has 1 aliphatic rings. The molecule has 0 aliphatic heterocycles. The van der Waals surface area contributed by atoms with Crippen LogP contribution in [0.3, 0.4) is 0 Å². The monoisotopic (exact) mass is 314 g/mol. The fourth-order valence-corrected chi connectivity index (χ4v) is 2.84. The van der Waals surface area contributed by atoms with Crippen molar-refractivity contribution in [3.05, 3.63) is 58.4 Å². The van der Waals surface area contributed by atoms with Gasteiger partial charge in [-0.3, -0.25) is 9.59 Å². The number of hydrogen-bond acceptors (Lipinski definition) is 3. The van der Waals surface area contributed by atoms with Crippen LogP contribution in [-0.2, 0) is 9.59 Å².